The Morgan fingerprint density at radius 2 is 1.93 bits per heavy atom. The molecule has 4 nitrogen and oxygen atoms in total. The van der Waals surface area contributed by atoms with Crippen molar-refractivity contribution in [2.45, 2.75) is 6.92 Å². The van der Waals surface area contributed by atoms with Crippen LogP contribution in [-0.2, 0) is 4.79 Å². The van der Waals surface area contributed by atoms with E-state index in [9.17, 15) is 4.79 Å². The number of anilines is 1. The summed E-state index contributed by atoms with van der Waals surface area (Å²) in [7, 11) is 0. The zero-order valence-electron chi connectivity index (χ0n) is 15.6. The van der Waals surface area contributed by atoms with Crippen molar-refractivity contribution in [1.29, 1.82) is 0 Å². The fourth-order valence-corrected chi connectivity index (χ4v) is 2.50. The minimum atomic E-state index is -0.221. The van der Waals surface area contributed by atoms with Crippen molar-refractivity contribution in [3.05, 3.63) is 95.8 Å². The predicted octanol–water partition coefficient (Wildman–Crippen LogP) is 4.53. The molecule has 138 valence electrons. The van der Waals surface area contributed by atoms with Crippen LogP contribution >= 0.6 is 0 Å². The summed E-state index contributed by atoms with van der Waals surface area (Å²) in [5, 5.41) is 2.85. The molecule has 1 amide bonds. The van der Waals surface area contributed by atoms with E-state index >= 15 is 0 Å². The van der Waals surface area contributed by atoms with Gasteiger partial charge in [-0.3, -0.25) is 4.79 Å². The number of carbonyl (C=O) groups excluding carboxylic acids is 1. The van der Waals surface area contributed by atoms with Gasteiger partial charge in [0.1, 0.15) is 11.4 Å². The number of amides is 1. The minimum absolute atomic E-state index is 0.221. The molecule has 0 spiro atoms. The number of hydrogen-bond donors (Lipinski definition) is 1. The van der Waals surface area contributed by atoms with Crippen LogP contribution in [0.15, 0.2) is 79.0 Å². The van der Waals surface area contributed by atoms with Gasteiger partial charge in [-0.1, -0.05) is 36.3 Å². The summed E-state index contributed by atoms with van der Waals surface area (Å²) in [6, 6.07) is 20.6. The van der Waals surface area contributed by atoms with Gasteiger partial charge in [-0.2, -0.15) is 0 Å². The molecule has 0 atom stereocenters. The van der Waals surface area contributed by atoms with Crippen molar-refractivity contribution in [3.8, 4) is 17.6 Å². The second-order valence-corrected chi connectivity index (χ2v) is 5.84. The summed E-state index contributed by atoms with van der Waals surface area (Å²) < 4.78 is 5.56. The molecule has 28 heavy (non-hydrogen) atoms. The Balaban J connectivity index is 1.67. The second kappa shape index (κ2) is 9.75. The van der Waals surface area contributed by atoms with Crippen molar-refractivity contribution in [2.24, 2.45) is 0 Å². The van der Waals surface area contributed by atoms with E-state index in [1.807, 2.05) is 73.7 Å². The first-order valence-electron chi connectivity index (χ1n) is 8.98. The van der Waals surface area contributed by atoms with Crippen LogP contribution in [0.2, 0.25) is 0 Å². The molecule has 0 fully saturated rings. The Morgan fingerprint density at radius 1 is 1.07 bits per heavy atom. The highest BCUT2D eigenvalue weighted by Gasteiger charge is 2.01. The van der Waals surface area contributed by atoms with Crippen molar-refractivity contribution in [1.82, 2.24) is 4.98 Å². The van der Waals surface area contributed by atoms with Crippen LogP contribution in [0.1, 0.15) is 23.7 Å². The van der Waals surface area contributed by atoms with Crippen molar-refractivity contribution >= 4 is 17.7 Å². The quantitative estimate of drug-likeness (QED) is 0.532. The Hall–Kier alpha value is -3.84. The van der Waals surface area contributed by atoms with E-state index in [0.717, 1.165) is 16.9 Å². The molecule has 0 saturated heterocycles. The van der Waals surface area contributed by atoms with E-state index in [4.69, 9.17) is 4.74 Å². The third-order valence-electron chi connectivity index (χ3n) is 3.76. The molecule has 1 heterocycles. The Bertz CT molecular complexity index is 1030. The monoisotopic (exact) mass is 368 g/mol. The lowest BCUT2D eigenvalue weighted by molar-refractivity contribution is -0.111. The van der Waals surface area contributed by atoms with Crippen LogP contribution in [0.5, 0.6) is 5.75 Å². The van der Waals surface area contributed by atoms with E-state index in [1.54, 1.807) is 12.3 Å². The molecular weight excluding hydrogens is 348 g/mol. The fraction of sp³-hybridized carbons (Fsp3) is 0.0833. The second-order valence-electron chi connectivity index (χ2n) is 5.84. The molecule has 0 saturated carbocycles. The Labute approximate surface area is 164 Å². The number of nitrogens with zero attached hydrogens (tertiary/aromatic N) is 1. The number of pyridine rings is 1. The summed E-state index contributed by atoms with van der Waals surface area (Å²) >= 11 is 0. The summed E-state index contributed by atoms with van der Waals surface area (Å²) in [5.41, 5.74) is 3.04. The molecule has 3 rings (SSSR count). The number of nitrogens with one attached hydrogen (secondary N) is 1. The number of carbonyl (C=O) groups is 1. The van der Waals surface area contributed by atoms with Gasteiger partial charge >= 0.3 is 0 Å². The van der Waals surface area contributed by atoms with E-state index in [-0.39, 0.29) is 5.91 Å². The molecule has 1 N–H and O–H groups in total. The minimum Gasteiger partial charge on any atom is -0.493 e. The van der Waals surface area contributed by atoms with Crippen molar-refractivity contribution in [3.63, 3.8) is 0 Å². The Kier molecular flexibility index (Phi) is 6.59. The topological polar surface area (TPSA) is 51.2 Å². The van der Waals surface area contributed by atoms with Gasteiger partial charge in [-0.15, -0.1) is 0 Å². The maximum atomic E-state index is 12.3. The fourth-order valence-electron chi connectivity index (χ4n) is 2.50. The molecule has 1 aromatic heterocycles. The van der Waals surface area contributed by atoms with Gasteiger partial charge in [0, 0.05) is 29.1 Å². The number of para-hydroxylation sites is 1. The van der Waals surface area contributed by atoms with Crippen LogP contribution in [0, 0.1) is 11.8 Å². The average Bonchev–Trinajstić information content (AvgIpc) is 2.73. The van der Waals surface area contributed by atoms with Crippen molar-refractivity contribution in [2.75, 3.05) is 11.9 Å². The zero-order chi connectivity index (χ0) is 19.6. The lowest BCUT2D eigenvalue weighted by Crippen LogP contribution is -2.07. The van der Waals surface area contributed by atoms with Crippen LogP contribution in [0.4, 0.5) is 5.69 Å². The summed E-state index contributed by atoms with van der Waals surface area (Å²) in [6.07, 6.45) is 4.94. The summed E-state index contributed by atoms with van der Waals surface area (Å²) in [6.45, 7) is 2.50. The molecule has 0 bridgehead atoms. The first-order valence-corrected chi connectivity index (χ1v) is 8.98. The number of ether oxygens (including phenoxy) is 1. The van der Waals surface area contributed by atoms with Crippen LogP contribution < -0.4 is 10.1 Å². The lowest BCUT2D eigenvalue weighted by atomic mass is 10.1. The highest BCUT2D eigenvalue weighted by Crippen LogP contribution is 2.19. The normalized spacial score (nSPS) is 10.2. The SMILES string of the molecule is CCOc1ccccc1/C=C/C(=O)Nc1cccc(C#Cc2ccccn2)c1. The average molecular weight is 368 g/mol. The number of benzene rings is 2. The molecule has 0 aliphatic carbocycles. The van der Waals surface area contributed by atoms with E-state index < -0.39 is 0 Å². The molecule has 3 aromatic rings. The van der Waals surface area contributed by atoms with Crippen LogP contribution in [-0.4, -0.2) is 17.5 Å². The molecule has 0 radical (unpaired) electrons. The summed E-state index contributed by atoms with van der Waals surface area (Å²) in [4.78, 5) is 16.4. The molecule has 0 aliphatic rings. The molecule has 4 heteroatoms. The van der Waals surface area contributed by atoms with Gasteiger partial charge in [-0.25, -0.2) is 4.98 Å². The van der Waals surface area contributed by atoms with Crippen LogP contribution in [0.3, 0.4) is 0 Å². The molecule has 0 aliphatic heterocycles. The van der Waals surface area contributed by atoms with Gasteiger partial charge in [-0.05, 0) is 55.3 Å². The van der Waals surface area contributed by atoms with E-state index in [2.05, 4.69) is 22.1 Å². The largest absolute Gasteiger partial charge is 0.493 e. The van der Waals surface area contributed by atoms with Gasteiger partial charge in [0.2, 0.25) is 5.91 Å². The van der Waals surface area contributed by atoms with Crippen molar-refractivity contribution < 1.29 is 9.53 Å². The lowest BCUT2D eigenvalue weighted by Gasteiger charge is -2.06. The highest BCUT2D eigenvalue weighted by atomic mass is 16.5. The van der Waals surface area contributed by atoms with E-state index in [1.165, 1.54) is 6.08 Å². The molecule has 0 unspecified atom stereocenters. The van der Waals surface area contributed by atoms with E-state index in [0.29, 0.717) is 18.0 Å². The first-order chi connectivity index (χ1) is 13.7. The Morgan fingerprint density at radius 3 is 2.75 bits per heavy atom. The number of hydrogen-bond acceptors (Lipinski definition) is 3. The maximum Gasteiger partial charge on any atom is 0.248 e. The van der Waals surface area contributed by atoms with Crippen LogP contribution in [0.25, 0.3) is 6.08 Å². The van der Waals surface area contributed by atoms with Gasteiger partial charge in [0.05, 0.1) is 6.61 Å². The standard InChI is InChI=1S/C24H20N2O2/c1-2-28-23-12-4-3-9-20(23)14-16-24(27)26-22-11-7-8-19(18-22)13-15-21-10-5-6-17-25-21/h3-12,14,16-18H,2H2,1H3,(H,26,27)/b16-14+. The first kappa shape index (κ1) is 18.9. The smallest absolute Gasteiger partial charge is 0.248 e. The van der Waals surface area contributed by atoms with Gasteiger partial charge in [0.25, 0.3) is 0 Å². The zero-order valence-corrected chi connectivity index (χ0v) is 15.6. The van der Waals surface area contributed by atoms with Gasteiger partial charge < -0.3 is 10.1 Å². The number of rotatable bonds is 5. The maximum absolute atomic E-state index is 12.3. The third-order valence-corrected chi connectivity index (χ3v) is 3.76. The molecular formula is C24H20N2O2. The highest BCUT2D eigenvalue weighted by molar-refractivity contribution is 6.02. The number of aromatic nitrogens is 1. The molecule has 2 aromatic carbocycles. The predicted molar refractivity (Wildman–Crippen MR) is 112 cm³/mol. The third kappa shape index (κ3) is 5.58. The summed E-state index contributed by atoms with van der Waals surface area (Å²) in [5.74, 6) is 6.59. The van der Waals surface area contributed by atoms with Gasteiger partial charge in [0.15, 0.2) is 0 Å².